The van der Waals surface area contributed by atoms with Crippen LogP contribution >= 0.6 is 0 Å². The van der Waals surface area contributed by atoms with Crippen LogP contribution in [0.3, 0.4) is 0 Å². The molecule has 0 unspecified atom stereocenters. The van der Waals surface area contributed by atoms with E-state index in [0.717, 1.165) is 0 Å². The number of carbonyl (C=O) groups is 1. The summed E-state index contributed by atoms with van der Waals surface area (Å²) in [6, 6.07) is 15.7. The number of benzene rings is 3. The van der Waals surface area contributed by atoms with Crippen molar-refractivity contribution in [1.29, 1.82) is 0 Å². The summed E-state index contributed by atoms with van der Waals surface area (Å²) in [5.41, 5.74) is 2.07. The molecule has 6 rings (SSSR count). The maximum atomic E-state index is 13.3. The van der Waals surface area contributed by atoms with Crippen LogP contribution in [0.1, 0.15) is 52.4 Å². The van der Waals surface area contributed by atoms with Crippen LogP contribution < -0.4 is 14.9 Å². The Balaban J connectivity index is 1.64. The molecule has 0 saturated heterocycles. The highest BCUT2D eigenvalue weighted by atomic mass is 16.5. The summed E-state index contributed by atoms with van der Waals surface area (Å²) in [6.45, 7) is 6.02. The van der Waals surface area contributed by atoms with Crippen LogP contribution in [-0.2, 0) is 0 Å². The molecule has 0 fully saturated rings. The Kier molecular flexibility index (Phi) is 4.58. The first-order valence-corrected chi connectivity index (χ1v) is 11.6. The second kappa shape index (κ2) is 7.47. The standard InChI is InChI=1S/C29H24O6/c1-15-13-34-28-18(25(15)30)10-11-20-24(28)22-19(14-33-20)29(2,3)35-21-12-9-17(27(32)23(21)22)26(31)16-7-5-4-6-8-16/h4-13,19,22,32H,14H2,1-3H3/t19-,22+/m0/s1. The number of phenolic OH excluding ortho intramolecular Hbond substituents is 1. The Labute approximate surface area is 201 Å². The van der Waals surface area contributed by atoms with Gasteiger partial charge < -0.3 is 19.0 Å². The summed E-state index contributed by atoms with van der Waals surface area (Å²) in [6.07, 6.45) is 1.45. The van der Waals surface area contributed by atoms with E-state index >= 15 is 0 Å². The fourth-order valence-electron chi connectivity index (χ4n) is 5.41. The van der Waals surface area contributed by atoms with Crippen molar-refractivity contribution in [2.24, 2.45) is 5.92 Å². The van der Waals surface area contributed by atoms with Gasteiger partial charge in [0.25, 0.3) is 0 Å². The van der Waals surface area contributed by atoms with E-state index in [1.54, 1.807) is 55.5 Å². The van der Waals surface area contributed by atoms with E-state index in [4.69, 9.17) is 13.9 Å². The fourth-order valence-corrected chi connectivity index (χ4v) is 5.41. The molecule has 2 atom stereocenters. The van der Waals surface area contributed by atoms with Crippen molar-refractivity contribution in [2.75, 3.05) is 6.61 Å². The lowest BCUT2D eigenvalue weighted by molar-refractivity contribution is -0.0142. The predicted octanol–water partition coefficient (Wildman–Crippen LogP) is 5.35. The van der Waals surface area contributed by atoms with Crippen molar-refractivity contribution in [2.45, 2.75) is 32.3 Å². The van der Waals surface area contributed by atoms with Gasteiger partial charge in [0.15, 0.2) is 11.2 Å². The van der Waals surface area contributed by atoms with Gasteiger partial charge in [0.1, 0.15) is 28.4 Å². The van der Waals surface area contributed by atoms with E-state index in [1.165, 1.54) is 6.26 Å². The smallest absolute Gasteiger partial charge is 0.196 e. The van der Waals surface area contributed by atoms with Crippen LogP contribution in [0.2, 0.25) is 0 Å². The number of ether oxygens (including phenoxy) is 2. The zero-order valence-corrected chi connectivity index (χ0v) is 19.6. The van der Waals surface area contributed by atoms with Crippen LogP contribution in [0.25, 0.3) is 11.0 Å². The van der Waals surface area contributed by atoms with Gasteiger partial charge in [-0.3, -0.25) is 9.59 Å². The van der Waals surface area contributed by atoms with E-state index in [2.05, 4.69) is 0 Å². The molecule has 0 amide bonds. The summed E-state index contributed by atoms with van der Waals surface area (Å²) < 4.78 is 18.4. The Bertz CT molecular complexity index is 1560. The highest BCUT2D eigenvalue weighted by molar-refractivity contribution is 6.11. The third kappa shape index (κ3) is 3.09. The van der Waals surface area contributed by atoms with Crippen LogP contribution in [0.15, 0.2) is 70.1 Å². The normalized spacial score (nSPS) is 19.6. The zero-order valence-electron chi connectivity index (χ0n) is 19.6. The molecule has 3 aromatic carbocycles. The third-order valence-corrected chi connectivity index (χ3v) is 7.28. The van der Waals surface area contributed by atoms with Crippen molar-refractivity contribution < 1.29 is 23.8 Å². The number of carbonyl (C=O) groups excluding carboxylic acids is 1. The molecule has 35 heavy (non-hydrogen) atoms. The SMILES string of the molecule is Cc1coc2c3c(ccc2c1=O)OC[C@H]1[C@@H]3c2c(ccc(C(=O)c3ccccc3)c2O)OC1(C)C. The van der Waals surface area contributed by atoms with Crippen molar-refractivity contribution in [3.8, 4) is 17.2 Å². The second-order valence-electron chi connectivity index (χ2n) is 9.77. The minimum atomic E-state index is -0.639. The molecule has 0 bridgehead atoms. The number of hydrogen-bond acceptors (Lipinski definition) is 6. The minimum absolute atomic E-state index is 0.111. The van der Waals surface area contributed by atoms with E-state index in [-0.39, 0.29) is 28.4 Å². The van der Waals surface area contributed by atoms with Gasteiger partial charge in [-0.05, 0) is 45.0 Å². The molecule has 6 heteroatoms. The Hall–Kier alpha value is -4.06. The minimum Gasteiger partial charge on any atom is -0.507 e. The molecule has 1 N–H and O–H groups in total. The van der Waals surface area contributed by atoms with Gasteiger partial charge in [0.2, 0.25) is 0 Å². The average molecular weight is 469 g/mol. The molecule has 2 aliphatic heterocycles. The lowest BCUT2D eigenvalue weighted by atomic mass is 9.69. The molecular weight excluding hydrogens is 444 g/mol. The number of aryl methyl sites for hydroxylation is 1. The summed E-state index contributed by atoms with van der Waals surface area (Å²) in [7, 11) is 0. The van der Waals surface area contributed by atoms with E-state index in [9.17, 15) is 14.7 Å². The van der Waals surface area contributed by atoms with Crippen molar-refractivity contribution in [1.82, 2.24) is 0 Å². The number of fused-ring (bicyclic) bond motifs is 7. The average Bonchev–Trinajstić information content (AvgIpc) is 2.85. The van der Waals surface area contributed by atoms with Crippen molar-refractivity contribution in [3.05, 3.63) is 98.9 Å². The van der Waals surface area contributed by atoms with Gasteiger partial charge >= 0.3 is 0 Å². The van der Waals surface area contributed by atoms with Gasteiger partial charge in [0.05, 0.1) is 23.8 Å². The molecule has 0 saturated carbocycles. The molecule has 176 valence electrons. The van der Waals surface area contributed by atoms with Gasteiger partial charge in [-0.25, -0.2) is 0 Å². The molecule has 0 aliphatic carbocycles. The Morgan fingerprint density at radius 2 is 1.74 bits per heavy atom. The number of phenols is 1. The van der Waals surface area contributed by atoms with Crippen LogP contribution in [0.4, 0.5) is 0 Å². The second-order valence-corrected chi connectivity index (χ2v) is 9.77. The van der Waals surface area contributed by atoms with Crippen molar-refractivity contribution in [3.63, 3.8) is 0 Å². The summed E-state index contributed by atoms with van der Waals surface area (Å²) in [5, 5.41) is 12.0. The first-order chi connectivity index (χ1) is 16.8. The van der Waals surface area contributed by atoms with Gasteiger partial charge in [-0.15, -0.1) is 0 Å². The highest BCUT2D eigenvalue weighted by Crippen LogP contribution is 2.57. The Morgan fingerprint density at radius 1 is 1.00 bits per heavy atom. The van der Waals surface area contributed by atoms with E-state index in [0.29, 0.717) is 51.3 Å². The van der Waals surface area contributed by atoms with Crippen molar-refractivity contribution >= 4 is 16.8 Å². The highest BCUT2D eigenvalue weighted by Gasteiger charge is 2.50. The number of ketones is 1. The monoisotopic (exact) mass is 468 g/mol. The lowest BCUT2D eigenvalue weighted by Gasteiger charge is -2.47. The molecule has 0 spiro atoms. The van der Waals surface area contributed by atoms with Gasteiger partial charge in [-0.1, -0.05) is 30.3 Å². The number of hydrogen-bond donors (Lipinski definition) is 1. The fraction of sp³-hybridized carbons (Fsp3) is 0.241. The molecule has 1 aromatic heterocycles. The van der Waals surface area contributed by atoms with Gasteiger partial charge in [0, 0.05) is 34.1 Å². The quantitative estimate of drug-likeness (QED) is 0.399. The van der Waals surface area contributed by atoms with Crippen LogP contribution in [-0.4, -0.2) is 23.1 Å². The molecule has 2 aliphatic rings. The topological polar surface area (TPSA) is 86.0 Å². The number of aromatic hydroxyl groups is 1. The van der Waals surface area contributed by atoms with Gasteiger partial charge in [-0.2, -0.15) is 0 Å². The third-order valence-electron chi connectivity index (χ3n) is 7.28. The summed E-state index contributed by atoms with van der Waals surface area (Å²) in [4.78, 5) is 26.2. The summed E-state index contributed by atoms with van der Waals surface area (Å²) >= 11 is 0. The molecule has 4 aromatic rings. The van der Waals surface area contributed by atoms with Crippen LogP contribution in [0, 0.1) is 12.8 Å². The summed E-state index contributed by atoms with van der Waals surface area (Å²) in [5.74, 6) is 0.0790. The lowest BCUT2D eigenvalue weighted by Crippen LogP contribution is -2.49. The molecule has 3 heterocycles. The zero-order chi connectivity index (χ0) is 24.5. The maximum absolute atomic E-state index is 13.3. The Morgan fingerprint density at radius 3 is 2.51 bits per heavy atom. The first kappa shape index (κ1) is 21.5. The molecule has 0 radical (unpaired) electrons. The van der Waals surface area contributed by atoms with E-state index < -0.39 is 11.5 Å². The predicted molar refractivity (Wildman–Crippen MR) is 131 cm³/mol. The molecular formula is C29H24O6. The van der Waals surface area contributed by atoms with E-state index in [1.807, 2.05) is 19.9 Å². The van der Waals surface area contributed by atoms with Crippen LogP contribution in [0.5, 0.6) is 17.2 Å². The maximum Gasteiger partial charge on any atom is 0.196 e. The number of rotatable bonds is 2. The largest absolute Gasteiger partial charge is 0.507 e. The first-order valence-electron chi connectivity index (χ1n) is 11.6. The molecule has 6 nitrogen and oxygen atoms in total.